The van der Waals surface area contributed by atoms with Crippen LogP contribution in [0.5, 0.6) is 0 Å². The van der Waals surface area contributed by atoms with E-state index in [1.165, 1.54) is 0 Å². The van der Waals surface area contributed by atoms with Gasteiger partial charge in [0, 0.05) is 13.2 Å². The monoisotopic (exact) mass is 251 g/mol. The number of carbonyl (C=O) groups excluding carboxylic acids is 1. The topological polar surface area (TPSA) is 72.5 Å². The number of benzene rings is 1. The Morgan fingerprint density at radius 1 is 1.50 bits per heavy atom. The van der Waals surface area contributed by atoms with Crippen LogP contribution in [0.15, 0.2) is 24.3 Å². The normalized spacial score (nSPS) is 14.0. The lowest BCUT2D eigenvalue weighted by Gasteiger charge is -2.30. The minimum absolute atomic E-state index is 0.107. The summed E-state index contributed by atoms with van der Waals surface area (Å²) in [7, 11) is 0. The Bertz CT molecular complexity index is 406. The average molecular weight is 251 g/mol. The van der Waals surface area contributed by atoms with E-state index in [-0.39, 0.29) is 25.5 Å². The van der Waals surface area contributed by atoms with E-state index in [0.29, 0.717) is 6.61 Å². The first-order chi connectivity index (χ1) is 8.60. The number of ether oxygens (including phenoxy) is 1. The molecule has 18 heavy (non-hydrogen) atoms. The summed E-state index contributed by atoms with van der Waals surface area (Å²) in [6.45, 7) is 4.03. The van der Waals surface area contributed by atoms with Crippen LogP contribution in [0.2, 0.25) is 0 Å². The van der Waals surface area contributed by atoms with Gasteiger partial charge in [0.25, 0.3) is 0 Å². The maximum Gasteiger partial charge on any atom is 0.317 e. The van der Waals surface area contributed by atoms with Crippen LogP contribution in [0.25, 0.3) is 0 Å². The van der Waals surface area contributed by atoms with Crippen LogP contribution in [0.4, 0.5) is 0 Å². The Balaban J connectivity index is 3.21. The van der Waals surface area contributed by atoms with Crippen molar-refractivity contribution in [3.8, 4) is 0 Å². The summed E-state index contributed by atoms with van der Waals surface area (Å²) >= 11 is 0. The van der Waals surface area contributed by atoms with Crippen molar-refractivity contribution in [2.45, 2.75) is 25.7 Å². The van der Waals surface area contributed by atoms with Gasteiger partial charge in [0.15, 0.2) is 0 Å². The maximum absolute atomic E-state index is 12.2. The van der Waals surface area contributed by atoms with E-state index in [2.05, 4.69) is 0 Å². The Labute approximate surface area is 108 Å². The van der Waals surface area contributed by atoms with Gasteiger partial charge in [-0.1, -0.05) is 29.8 Å². The maximum atomic E-state index is 12.2. The third-order valence-corrected chi connectivity index (χ3v) is 3.12. The van der Waals surface area contributed by atoms with Gasteiger partial charge < -0.3 is 15.6 Å². The first-order valence-electron chi connectivity index (χ1n) is 6.16. The molecule has 0 aliphatic rings. The van der Waals surface area contributed by atoms with E-state index in [0.717, 1.165) is 11.1 Å². The predicted octanol–water partition coefficient (Wildman–Crippen LogP) is 1.14. The van der Waals surface area contributed by atoms with E-state index in [9.17, 15) is 9.90 Å². The highest BCUT2D eigenvalue weighted by atomic mass is 16.5. The van der Waals surface area contributed by atoms with Gasteiger partial charge >= 0.3 is 5.97 Å². The summed E-state index contributed by atoms with van der Waals surface area (Å²) in [5.74, 6) is -0.368. The van der Waals surface area contributed by atoms with Gasteiger partial charge in [-0.15, -0.1) is 0 Å². The molecule has 0 aromatic heterocycles. The third kappa shape index (κ3) is 2.89. The van der Waals surface area contributed by atoms with Crippen LogP contribution in [0.1, 0.15) is 24.5 Å². The van der Waals surface area contributed by atoms with Crippen LogP contribution in [0, 0.1) is 6.92 Å². The smallest absolute Gasteiger partial charge is 0.317 e. The molecular formula is C14H21NO3. The second-order valence-electron chi connectivity index (χ2n) is 4.35. The van der Waals surface area contributed by atoms with E-state index in [1.807, 2.05) is 31.2 Å². The van der Waals surface area contributed by atoms with Gasteiger partial charge in [-0.2, -0.15) is 0 Å². The SMILES string of the molecule is CCOC(=O)C(CN)(CCO)c1cccc(C)c1. The van der Waals surface area contributed by atoms with Gasteiger partial charge in [0.05, 0.1) is 6.61 Å². The molecule has 0 aliphatic carbocycles. The van der Waals surface area contributed by atoms with Crippen LogP contribution in [-0.4, -0.2) is 30.8 Å². The highest BCUT2D eigenvalue weighted by Gasteiger charge is 2.40. The molecule has 1 atom stereocenters. The van der Waals surface area contributed by atoms with Crippen molar-refractivity contribution < 1.29 is 14.6 Å². The van der Waals surface area contributed by atoms with Gasteiger partial charge in [0.1, 0.15) is 5.41 Å². The van der Waals surface area contributed by atoms with Crippen LogP contribution < -0.4 is 5.73 Å². The zero-order valence-electron chi connectivity index (χ0n) is 11.0. The van der Waals surface area contributed by atoms with Gasteiger partial charge in [-0.3, -0.25) is 4.79 Å². The largest absolute Gasteiger partial charge is 0.465 e. The molecule has 100 valence electrons. The molecule has 4 nitrogen and oxygen atoms in total. The summed E-state index contributed by atoms with van der Waals surface area (Å²) < 4.78 is 5.12. The van der Waals surface area contributed by atoms with E-state index >= 15 is 0 Å². The highest BCUT2D eigenvalue weighted by Crippen LogP contribution is 2.29. The first kappa shape index (κ1) is 14.7. The number of rotatable bonds is 6. The summed E-state index contributed by atoms with van der Waals surface area (Å²) in [5, 5.41) is 9.22. The molecular weight excluding hydrogens is 230 g/mol. The van der Waals surface area contributed by atoms with Crippen molar-refractivity contribution in [3.63, 3.8) is 0 Å². The van der Waals surface area contributed by atoms with Crippen molar-refractivity contribution >= 4 is 5.97 Å². The number of hydrogen-bond donors (Lipinski definition) is 2. The summed E-state index contributed by atoms with van der Waals surface area (Å²) in [6.07, 6.45) is 0.270. The summed E-state index contributed by atoms with van der Waals surface area (Å²) in [4.78, 5) is 12.2. The Hall–Kier alpha value is -1.39. The highest BCUT2D eigenvalue weighted by molar-refractivity contribution is 5.83. The molecule has 0 saturated heterocycles. The Morgan fingerprint density at radius 2 is 2.22 bits per heavy atom. The molecule has 1 aromatic rings. The molecule has 0 saturated carbocycles. The quantitative estimate of drug-likeness (QED) is 0.744. The molecule has 0 amide bonds. The molecule has 4 heteroatoms. The van der Waals surface area contributed by atoms with Crippen molar-refractivity contribution in [1.82, 2.24) is 0 Å². The fourth-order valence-corrected chi connectivity index (χ4v) is 2.07. The van der Waals surface area contributed by atoms with Gasteiger partial charge in [0.2, 0.25) is 0 Å². The molecule has 1 aromatic carbocycles. The first-order valence-corrected chi connectivity index (χ1v) is 6.16. The summed E-state index contributed by atoms with van der Waals surface area (Å²) in [6, 6.07) is 7.60. The second kappa shape index (κ2) is 6.52. The Kier molecular flexibility index (Phi) is 5.31. The fraction of sp³-hybridized carbons (Fsp3) is 0.500. The lowest BCUT2D eigenvalue weighted by molar-refractivity contribution is -0.150. The molecule has 1 unspecified atom stereocenters. The number of carbonyl (C=O) groups is 1. The standard InChI is InChI=1S/C14H21NO3/c1-3-18-13(17)14(10-15,7-8-16)12-6-4-5-11(2)9-12/h4-6,9,16H,3,7-8,10,15H2,1-2H3. The molecule has 0 spiro atoms. The Morgan fingerprint density at radius 3 is 2.72 bits per heavy atom. The molecule has 0 aliphatic heterocycles. The number of hydrogen-bond acceptors (Lipinski definition) is 4. The lowest BCUT2D eigenvalue weighted by Crippen LogP contribution is -2.45. The van der Waals surface area contributed by atoms with Crippen molar-refractivity contribution in [2.24, 2.45) is 5.73 Å². The molecule has 3 N–H and O–H groups in total. The minimum Gasteiger partial charge on any atom is -0.465 e. The predicted molar refractivity (Wildman–Crippen MR) is 70.2 cm³/mol. The number of aryl methyl sites for hydroxylation is 1. The van der Waals surface area contributed by atoms with Crippen molar-refractivity contribution in [1.29, 1.82) is 0 Å². The molecule has 0 bridgehead atoms. The third-order valence-electron chi connectivity index (χ3n) is 3.12. The van der Waals surface area contributed by atoms with E-state index < -0.39 is 5.41 Å². The average Bonchev–Trinajstić information content (AvgIpc) is 2.36. The fourth-order valence-electron chi connectivity index (χ4n) is 2.07. The molecule has 0 heterocycles. The van der Waals surface area contributed by atoms with Crippen LogP contribution in [-0.2, 0) is 14.9 Å². The zero-order valence-corrected chi connectivity index (χ0v) is 11.0. The molecule has 0 fully saturated rings. The summed E-state index contributed by atoms with van der Waals surface area (Å²) in [5.41, 5.74) is 6.70. The second-order valence-corrected chi connectivity index (χ2v) is 4.35. The number of aliphatic hydroxyl groups is 1. The number of esters is 1. The van der Waals surface area contributed by atoms with Gasteiger partial charge in [-0.05, 0) is 25.8 Å². The molecule has 0 radical (unpaired) electrons. The van der Waals surface area contributed by atoms with Crippen molar-refractivity contribution in [3.05, 3.63) is 35.4 Å². The zero-order chi connectivity index (χ0) is 13.6. The van der Waals surface area contributed by atoms with Crippen LogP contribution >= 0.6 is 0 Å². The van der Waals surface area contributed by atoms with Crippen molar-refractivity contribution in [2.75, 3.05) is 19.8 Å². The van der Waals surface area contributed by atoms with Crippen LogP contribution in [0.3, 0.4) is 0 Å². The van der Waals surface area contributed by atoms with Gasteiger partial charge in [-0.25, -0.2) is 0 Å². The minimum atomic E-state index is -0.948. The lowest BCUT2D eigenvalue weighted by atomic mass is 9.77. The number of nitrogens with two attached hydrogens (primary N) is 1. The number of aliphatic hydroxyl groups excluding tert-OH is 1. The molecule has 1 rings (SSSR count). The van der Waals surface area contributed by atoms with E-state index in [4.69, 9.17) is 10.5 Å². The van der Waals surface area contributed by atoms with E-state index in [1.54, 1.807) is 6.92 Å².